The van der Waals surface area contributed by atoms with Gasteiger partial charge in [0.1, 0.15) is 20.2 Å². The van der Waals surface area contributed by atoms with Gasteiger partial charge in [-0.2, -0.15) is 4.31 Å². The Morgan fingerprint density at radius 1 is 1.14 bits per heavy atom. The number of benzene rings is 2. The molecule has 3 aliphatic rings. The van der Waals surface area contributed by atoms with Crippen LogP contribution in [0.15, 0.2) is 47.5 Å². The van der Waals surface area contributed by atoms with Crippen molar-refractivity contribution >= 4 is 72.0 Å². The molecule has 2 aliphatic heterocycles. The highest BCUT2D eigenvalue weighted by atomic mass is 32.1. The molecule has 23 nitrogen and oxygen atoms in total. The number of aliphatic hydroxyl groups excluding tert-OH is 1. The number of aromatic amines is 1. The number of nitrogens with two attached hydrogens (primary N) is 1. The van der Waals surface area contributed by atoms with Crippen molar-refractivity contribution in [2.24, 2.45) is 7.05 Å². The van der Waals surface area contributed by atoms with Gasteiger partial charge in [-0.05, 0) is 30.7 Å². The topological polar surface area (TPSA) is 310 Å². The number of anilines is 2. The van der Waals surface area contributed by atoms with Crippen molar-refractivity contribution in [1.29, 1.82) is 0 Å². The second kappa shape index (κ2) is 17.8. The van der Waals surface area contributed by atoms with Gasteiger partial charge in [-0.25, -0.2) is 28.1 Å². The molecule has 0 spiro atoms. The summed E-state index contributed by atoms with van der Waals surface area (Å²) in [6.45, 7) is -0.459. The highest BCUT2D eigenvalue weighted by Crippen LogP contribution is 2.57. The van der Waals surface area contributed by atoms with E-state index in [9.17, 15) is 33.5 Å². The standard InChI is InChI=1S/C33H42N10O13P2S/c1-40(2)18-7-9-20-23(14-18)59-24-15-19(8-10-21(24)37-20)41(3)13-5-6-25(44)35-11-12-36-33(47)55-28-22(16-53-58(51,52)56-57(48,49)50)54-31(27(28)45)43-17-42(4)26-29(43)38-32(34)39-30(26)46/h7-10,14-15,17,22,27-28,31,45H,5-6,11-13,16H2,1-4H3,(H6-2,34,35,36,38,39,44,46,47,48,49,50,51,52)/p+2/t22-,27-,28-,31-/m1/s1. The van der Waals surface area contributed by atoms with Gasteiger partial charge in [0.05, 0.1) is 34.4 Å². The fraction of sp³-hybridized carbons (Fsp3) is 0.424. The largest absolute Gasteiger partial charge is 0.481 e. The first kappa shape index (κ1) is 43.7. The molecule has 1 aliphatic carbocycles. The number of ether oxygens (including phenoxy) is 2. The molecular formula is C33H44N10O13P2S+2. The molecule has 59 heavy (non-hydrogen) atoms. The third kappa shape index (κ3) is 10.7. The summed E-state index contributed by atoms with van der Waals surface area (Å²) in [5.41, 5.74) is 7.90. The van der Waals surface area contributed by atoms with E-state index in [0.717, 1.165) is 31.8 Å². The summed E-state index contributed by atoms with van der Waals surface area (Å²) in [5, 5.41) is 17.5. The summed E-state index contributed by atoms with van der Waals surface area (Å²) in [4.78, 5) is 80.1. The van der Waals surface area contributed by atoms with E-state index < -0.39 is 58.4 Å². The van der Waals surface area contributed by atoms with Gasteiger partial charge in [0.25, 0.3) is 11.5 Å². The van der Waals surface area contributed by atoms with Crippen LogP contribution < -0.4 is 41.3 Å². The Kier molecular flexibility index (Phi) is 13.2. The van der Waals surface area contributed by atoms with E-state index >= 15 is 0 Å². The van der Waals surface area contributed by atoms with Crippen LogP contribution in [0.2, 0.25) is 0 Å². The van der Waals surface area contributed by atoms with E-state index in [1.165, 1.54) is 22.5 Å². The minimum absolute atomic E-state index is 0.0200. The molecule has 1 fully saturated rings. The lowest BCUT2D eigenvalue weighted by Crippen LogP contribution is -2.47. The Labute approximate surface area is 338 Å². The molecule has 1 aromatic carbocycles. The van der Waals surface area contributed by atoms with Gasteiger partial charge in [-0.1, -0.05) is 4.98 Å². The first-order valence-electron chi connectivity index (χ1n) is 17.9. The number of aliphatic hydroxyl groups is 1. The van der Waals surface area contributed by atoms with E-state index in [1.807, 2.05) is 50.0 Å². The number of carbonyl (C=O) groups excluding carboxylic acids is 2. The molecule has 4 heterocycles. The number of fused-ring (bicyclic) bond motifs is 3. The molecule has 1 unspecified atom stereocenters. The lowest BCUT2D eigenvalue weighted by Gasteiger charge is -2.21. The second-order valence-electron chi connectivity index (χ2n) is 13.7. The molecule has 2 amide bonds. The van der Waals surface area contributed by atoms with Crippen molar-refractivity contribution in [3.63, 3.8) is 0 Å². The Balaban J connectivity index is 1.01. The molecule has 3 aromatic rings. The summed E-state index contributed by atoms with van der Waals surface area (Å²) in [7, 11) is -3.43. The third-order valence-corrected chi connectivity index (χ3v) is 12.4. The first-order chi connectivity index (χ1) is 27.8. The summed E-state index contributed by atoms with van der Waals surface area (Å²) in [6.07, 6.45) is -5.35. The zero-order valence-corrected chi connectivity index (χ0v) is 34.7. The Morgan fingerprint density at radius 3 is 2.61 bits per heavy atom. The fourth-order valence-electron chi connectivity index (χ4n) is 6.35. The average Bonchev–Trinajstić information content (AvgIpc) is 3.64. The predicted octanol–water partition coefficient (Wildman–Crippen LogP) is -0.510. The summed E-state index contributed by atoms with van der Waals surface area (Å²) >= 11 is 1.66. The van der Waals surface area contributed by atoms with Crippen molar-refractivity contribution in [1.82, 2.24) is 34.7 Å². The number of nitrogens with zero attached hydrogens (tertiary/aromatic N) is 6. The molecule has 6 rings (SSSR count). The van der Waals surface area contributed by atoms with Gasteiger partial charge in [-0.15, -0.1) is 11.3 Å². The molecule has 2 aromatic heterocycles. The van der Waals surface area contributed by atoms with Gasteiger partial charge in [0.2, 0.25) is 23.0 Å². The number of amides is 2. The van der Waals surface area contributed by atoms with Crippen molar-refractivity contribution in [2.45, 2.75) is 37.4 Å². The minimum atomic E-state index is -5.47. The maximum Gasteiger partial charge on any atom is 0.481 e. The predicted molar refractivity (Wildman–Crippen MR) is 212 cm³/mol. The Bertz CT molecular complexity index is 2580. The molecule has 318 valence electrons. The highest BCUT2D eigenvalue weighted by molar-refractivity contribution is 7.60. The number of aromatic nitrogens is 5. The van der Waals surface area contributed by atoms with E-state index in [-0.39, 0.29) is 42.5 Å². The molecule has 1 saturated heterocycles. The minimum Gasteiger partial charge on any atom is -0.440 e. The number of hydrogen-bond acceptors (Lipinski definition) is 15. The number of alkyl carbamates (subject to hydrolysis) is 1. The fourth-order valence-corrected chi connectivity index (χ4v) is 8.99. The molecule has 0 saturated carbocycles. The van der Waals surface area contributed by atoms with Gasteiger partial charge in [0.15, 0.2) is 18.5 Å². The number of phosphoric acid groups is 2. The van der Waals surface area contributed by atoms with Crippen molar-refractivity contribution in [3.8, 4) is 10.6 Å². The number of nitrogen functional groups attached to an aromatic ring is 1. The number of imidazole rings is 1. The van der Waals surface area contributed by atoms with Crippen molar-refractivity contribution in [3.05, 3.63) is 58.4 Å². The zero-order chi connectivity index (χ0) is 42.8. The van der Waals surface area contributed by atoms with Crippen LogP contribution in [-0.4, -0.2) is 117 Å². The summed E-state index contributed by atoms with van der Waals surface area (Å²) in [6, 6.07) is 12.2. The van der Waals surface area contributed by atoms with Crippen LogP contribution in [0, 0.1) is 0 Å². The van der Waals surface area contributed by atoms with Crippen LogP contribution in [0.25, 0.3) is 32.0 Å². The molecule has 26 heteroatoms. The van der Waals surface area contributed by atoms with Crippen LogP contribution in [0.3, 0.4) is 0 Å². The smallest absolute Gasteiger partial charge is 0.440 e. The molecule has 9 N–H and O–H groups in total. The van der Waals surface area contributed by atoms with Crippen LogP contribution in [-0.2, 0) is 39.3 Å². The number of nitrogens with one attached hydrogen (secondary N) is 3. The highest BCUT2D eigenvalue weighted by Gasteiger charge is 2.51. The van der Waals surface area contributed by atoms with E-state index in [0.29, 0.717) is 13.0 Å². The van der Waals surface area contributed by atoms with E-state index in [2.05, 4.69) is 41.9 Å². The lowest BCUT2D eigenvalue weighted by atomic mass is 10.1. The molecule has 0 radical (unpaired) electrons. The maximum absolute atomic E-state index is 12.9. The number of H-pyrrole nitrogens is 1. The van der Waals surface area contributed by atoms with Gasteiger partial charge >= 0.3 is 27.4 Å². The van der Waals surface area contributed by atoms with E-state index in [1.54, 1.807) is 11.3 Å². The molecule has 0 bridgehead atoms. The summed E-state index contributed by atoms with van der Waals surface area (Å²) < 4.78 is 48.7. The normalized spacial score (nSPS) is 19.2. The quantitative estimate of drug-likeness (QED) is 0.0284. The van der Waals surface area contributed by atoms with Crippen molar-refractivity contribution < 1.29 is 61.4 Å². The Hall–Kier alpha value is -4.87. The number of hydrogen-bond donors (Lipinski definition) is 8. The maximum atomic E-state index is 12.9. The van der Waals surface area contributed by atoms with Crippen LogP contribution in [0.5, 0.6) is 0 Å². The SMILES string of the molecule is CN(CCCC(=O)NCCNC(=O)O[C@H]1[C@@H](O)[C@H]([n+]2cn(C)c3c(=O)[nH]c(N)nc32)O[C@@H]1COP(=O)(O)OP(=O)(O)O)c1ccc2nc3ccc(=[N+](C)C)cc-3sc2c1. The monoisotopic (exact) mass is 882 g/mol. The molecule has 5 atom stereocenters. The summed E-state index contributed by atoms with van der Waals surface area (Å²) in [5.74, 6) is -0.517. The first-order valence-corrected chi connectivity index (χ1v) is 21.7. The van der Waals surface area contributed by atoms with Crippen molar-refractivity contribution in [2.75, 3.05) is 58.0 Å². The average molecular weight is 883 g/mol. The lowest BCUT2D eigenvalue weighted by molar-refractivity contribution is -0.745. The zero-order valence-electron chi connectivity index (χ0n) is 32.1. The second-order valence-corrected chi connectivity index (χ2v) is 17.6. The number of phosphoric ester groups is 1. The van der Waals surface area contributed by atoms with Crippen LogP contribution >= 0.6 is 27.0 Å². The van der Waals surface area contributed by atoms with Gasteiger partial charge < -0.3 is 50.5 Å². The molecular weight excluding hydrogens is 838 g/mol. The van der Waals surface area contributed by atoms with Crippen LogP contribution in [0.1, 0.15) is 19.1 Å². The van der Waals surface area contributed by atoms with Crippen LogP contribution in [0.4, 0.5) is 16.4 Å². The van der Waals surface area contributed by atoms with E-state index in [4.69, 9.17) is 34.5 Å². The van der Waals surface area contributed by atoms with Gasteiger partial charge in [0, 0.05) is 50.9 Å². The Morgan fingerprint density at radius 2 is 1.88 bits per heavy atom. The van der Waals surface area contributed by atoms with Gasteiger partial charge in [-0.3, -0.25) is 23.7 Å². The third-order valence-electron chi connectivity index (χ3n) is 9.15. The number of carbonyl (C=O) groups is 2. The number of rotatable bonds is 15. The number of aryl methyl sites for hydroxylation is 1.